The van der Waals surface area contributed by atoms with Crippen LogP contribution >= 0.6 is 0 Å². The minimum atomic E-state index is -3.25. The van der Waals surface area contributed by atoms with Crippen LogP contribution in [-0.2, 0) is 10.0 Å². The molecule has 2 aliphatic heterocycles. The Bertz CT molecular complexity index is 734. The van der Waals surface area contributed by atoms with Gasteiger partial charge in [-0.2, -0.15) is 4.31 Å². The second kappa shape index (κ2) is 6.60. The zero-order valence-electron chi connectivity index (χ0n) is 13.8. The lowest BCUT2D eigenvalue weighted by atomic mass is 9.98. The molecule has 0 bridgehead atoms. The van der Waals surface area contributed by atoms with E-state index in [0.29, 0.717) is 30.2 Å². The lowest BCUT2D eigenvalue weighted by molar-refractivity contribution is 0.0929. The van der Waals surface area contributed by atoms with Crippen molar-refractivity contribution in [1.29, 1.82) is 0 Å². The van der Waals surface area contributed by atoms with E-state index in [1.807, 2.05) is 0 Å². The average molecular weight is 354 g/mol. The first-order chi connectivity index (χ1) is 11.4. The fraction of sp³-hybridized carbons (Fsp3) is 0.562. The number of fused-ring (bicyclic) bond motifs is 1. The minimum Gasteiger partial charge on any atom is -0.454 e. The van der Waals surface area contributed by atoms with E-state index in [-0.39, 0.29) is 24.7 Å². The highest BCUT2D eigenvalue weighted by atomic mass is 32.2. The summed E-state index contributed by atoms with van der Waals surface area (Å²) in [6.45, 7) is 2.99. The third-order valence-electron chi connectivity index (χ3n) is 4.49. The predicted molar refractivity (Wildman–Crippen MR) is 88.6 cm³/mol. The molecule has 2 aliphatic rings. The molecule has 3 rings (SSSR count). The van der Waals surface area contributed by atoms with Crippen molar-refractivity contribution in [2.24, 2.45) is 5.92 Å². The number of sulfonamides is 1. The molecule has 2 heterocycles. The van der Waals surface area contributed by atoms with Crippen molar-refractivity contribution in [2.75, 3.05) is 26.1 Å². The van der Waals surface area contributed by atoms with Crippen molar-refractivity contribution in [3.8, 4) is 11.5 Å². The molecule has 24 heavy (non-hydrogen) atoms. The molecule has 1 saturated heterocycles. The van der Waals surface area contributed by atoms with Gasteiger partial charge in [-0.3, -0.25) is 4.79 Å². The second-order valence-electron chi connectivity index (χ2n) is 6.28. The second-order valence-corrected chi connectivity index (χ2v) is 8.26. The van der Waals surface area contributed by atoms with Crippen molar-refractivity contribution in [1.82, 2.24) is 9.62 Å². The Balaban J connectivity index is 1.72. The Hall–Kier alpha value is -1.80. The third kappa shape index (κ3) is 3.49. The highest BCUT2D eigenvalue weighted by Crippen LogP contribution is 2.32. The van der Waals surface area contributed by atoms with Crippen LogP contribution in [0.4, 0.5) is 0 Å². The molecule has 0 saturated carbocycles. The van der Waals surface area contributed by atoms with E-state index in [4.69, 9.17) is 9.47 Å². The summed E-state index contributed by atoms with van der Waals surface area (Å²) in [4.78, 5) is 12.5. The number of nitrogens with zero attached hydrogens (tertiary/aromatic N) is 1. The average Bonchev–Trinajstić information content (AvgIpc) is 3.13. The molecular formula is C16H22N2O5S. The van der Waals surface area contributed by atoms with Gasteiger partial charge in [0.15, 0.2) is 11.5 Å². The fourth-order valence-electron chi connectivity index (χ4n) is 3.22. The van der Waals surface area contributed by atoms with Crippen LogP contribution < -0.4 is 14.8 Å². The highest BCUT2D eigenvalue weighted by molar-refractivity contribution is 7.88. The molecule has 7 nitrogen and oxygen atoms in total. The van der Waals surface area contributed by atoms with Gasteiger partial charge in [0.25, 0.3) is 5.91 Å². The molecule has 132 valence electrons. The SMILES string of the molecule is CCC[C@@H]1CN(S(C)(=O)=O)C[C@H]1NC(=O)c1ccc2c(c1)OCO2. The molecule has 1 amide bonds. The van der Waals surface area contributed by atoms with Gasteiger partial charge in [0.05, 0.1) is 6.26 Å². The summed E-state index contributed by atoms with van der Waals surface area (Å²) < 4.78 is 35.6. The number of rotatable bonds is 5. The number of benzene rings is 1. The normalized spacial score (nSPS) is 23.4. The van der Waals surface area contributed by atoms with E-state index in [2.05, 4.69) is 12.2 Å². The van der Waals surface area contributed by atoms with Gasteiger partial charge in [0, 0.05) is 24.7 Å². The van der Waals surface area contributed by atoms with Crippen LogP contribution in [0.1, 0.15) is 30.1 Å². The first-order valence-electron chi connectivity index (χ1n) is 8.04. The summed E-state index contributed by atoms with van der Waals surface area (Å²) in [6.07, 6.45) is 3.02. The molecule has 1 aromatic rings. The van der Waals surface area contributed by atoms with E-state index < -0.39 is 10.0 Å². The van der Waals surface area contributed by atoms with Crippen LogP contribution in [0.3, 0.4) is 0 Å². The summed E-state index contributed by atoms with van der Waals surface area (Å²) in [5, 5.41) is 2.98. The molecule has 2 atom stereocenters. The lowest BCUT2D eigenvalue weighted by Crippen LogP contribution is -2.41. The highest BCUT2D eigenvalue weighted by Gasteiger charge is 2.37. The first-order valence-corrected chi connectivity index (χ1v) is 9.89. The molecule has 0 aromatic heterocycles. The van der Waals surface area contributed by atoms with Crippen molar-refractivity contribution >= 4 is 15.9 Å². The minimum absolute atomic E-state index is 0.127. The lowest BCUT2D eigenvalue weighted by Gasteiger charge is -2.19. The Morgan fingerprint density at radius 3 is 2.75 bits per heavy atom. The van der Waals surface area contributed by atoms with Gasteiger partial charge in [0.1, 0.15) is 0 Å². The molecule has 0 unspecified atom stereocenters. The fourth-order valence-corrected chi connectivity index (χ4v) is 4.11. The van der Waals surface area contributed by atoms with Crippen LogP contribution in [0.2, 0.25) is 0 Å². The van der Waals surface area contributed by atoms with Gasteiger partial charge in [-0.15, -0.1) is 0 Å². The van der Waals surface area contributed by atoms with Gasteiger partial charge < -0.3 is 14.8 Å². The molecule has 0 radical (unpaired) electrons. The van der Waals surface area contributed by atoms with Crippen LogP contribution in [0.25, 0.3) is 0 Å². The zero-order valence-corrected chi connectivity index (χ0v) is 14.6. The molecule has 1 aromatic carbocycles. The summed E-state index contributed by atoms with van der Waals surface area (Å²) in [6, 6.07) is 4.85. The quantitative estimate of drug-likeness (QED) is 0.859. The molecule has 8 heteroatoms. The maximum Gasteiger partial charge on any atom is 0.251 e. The Morgan fingerprint density at radius 1 is 1.29 bits per heavy atom. The molecule has 1 N–H and O–H groups in total. The van der Waals surface area contributed by atoms with Crippen molar-refractivity contribution < 1.29 is 22.7 Å². The van der Waals surface area contributed by atoms with Gasteiger partial charge in [0.2, 0.25) is 16.8 Å². The number of amides is 1. The van der Waals surface area contributed by atoms with Crippen molar-refractivity contribution in [2.45, 2.75) is 25.8 Å². The maximum atomic E-state index is 12.5. The van der Waals surface area contributed by atoms with Gasteiger partial charge in [-0.1, -0.05) is 13.3 Å². The van der Waals surface area contributed by atoms with Gasteiger partial charge in [-0.05, 0) is 30.5 Å². The maximum absolute atomic E-state index is 12.5. The molecular weight excluding hydrogens is 332 g/mol. The summed E-state index contributed by atoms with van der Waals surface area (Å²) >= 11 is 0. The van der Waals surface area contributed by atoms with Crippen LogP contribution in [0.5, 0.6) is 11.5 Å². The monoisotopic (exact) mass is 354 g/mol. The Labute approximate surface area is 142 Å². The molecule has 0 spiro atoms. The summed E-state index contributed by atoms with van der Waals surface area (Å²) in [5.74, 6) is 1.08. The van der Waals surface area contributed by atoms with E-state index in [9.17, 15) is 13.2 Å². The van der Waals surface area contributed by atoms with Crippen LogP contribution in [0, 0.1) is 5.92 Å². The number of hydrogen-bond acceptors (Lipinski definition) is 5. The Kier molecular flexibility index (Phi) is 4.69. The molecule has 1 fully saturated rings. The van der Waals surface area contributed by atoms with E-state index in [1.54, 1.807) is 18.2 Å². The summed E-state index contributed by atoms with van der Waals surface area (Å²) in [5.41, 5.74) is 0.479. The van der Waals surface area contributed by atoms with E-state index in [1.165, 1.54) is 10.6 Å². The number of ether oxygens (including phenoxy) is 2. The number of carbonyl (C=O) groups is 1. The predicted octanol–water partition coefficient (Wildman–Crippen LogP) is 1.21. The number of carbonyl (C=O) groups excluding carboxylic acids is 1. The van der Waals surface area contributed by atoms with Crippen LogP contribution in [0.15, 0.2) is 18.2 Å². The van der Waals surface area contributed by atoms with Crippen molar-refractivity contribution in [3.05, 3.63) is 23.8 Å². The van der Waals surface area contributed by atoms with E-state index in [0.717, 1.165) is 12.8 Å². The topological polar surface area (TPSA) is 84.9 Å². The standard InChI is InChI=1S/C16H22N2O5S/c1-3-4-12-8-18(24(2,20)21)9-13(12)17-16(19)11-5-6-14-15(7-11)23-10-22-14/h5-7,12-13H,3-4,8-10H2,1-2H3,(H,17,19)/t12-,13-/m1/s1. The smallest absolute Gasteiger partial charge is 0.251 e. The van der Waals surface area contributed by atoms with E-state index >= 15 is 0 Å². The Morgan fingerprint density at radius 2 is 2.04 bits per heavy atom. The largest absolute Gasteiger partial charge is 0.454 e. The first kappa shape index (κ1) is 17.0. The number of hydrogen-bond donors (Lipinski definition) is 1. The number of nitrogens with one attached hydrogen (secondary N) is 1. The van der Waals surface area contributed by atoms with Crippen LogP contribution in [-0.4, -0.2) is 50.8 Å². The van der Waals surface area contributed by atoms with Gasteiger partial charge in [-0.25, -0.2) is 8.42 Å². The summed E-state index contributed by atoms with van der Waals surface area (Å²) in [7, 11) is -3.25. The van der Waals surface area contributed by atoms with Crippen molar-refractivity contribution in [3.63, 3.8) is 0 Å². The zero-order chi connectivity index (χ0) is 17.3. The van der Waals surface area contributed by atoms with Gasteiger partial charge >= 0.3 is 0 Å². The third-order valence-corrected chi connectivity index (χ3v) is 5.72. The molecule has 0 aliphatic carbocycles.